The first-order valence-corrected chi connectivity index (χ1v) is 5.40. The molecule has 0 radical (unpaired) electrons. The van der Waals surface area contributed by atoms with E-state index in [9.17, 15) is 9.59 Å². The molecular weight excluding hydrogens is 238 g/mol. The van der Waals surface area contributed by atoms with Crippen molar-refractivity contribution in [3.63, 3.8) is 0 Å². The largest absolute Gasteiger partial charge is 0.480 e. The van der Waals surface area contributed by atoms with Crippen molar-refractivity contribution >= 4 is 12.0 Å². The van der Waals surface area contributed by atoms with Crippen molar-refractivity contribution in [2.45, 2.75) is 12.5 Å². The van der Waals surface area contributed by atoms with E-state index in [1.807, 2.05) is 6.07 Å². The Hall–Kier alpha value is -2.15. The molecule has 2 amide bonds. The van der Waals surface area contributed by atoms with Crippen LogP contribution in [0.4, 0.5) is 4.79 Å². The average molecular weight is 253 g/mol. The minimum atomic E-state index is -1.29. The van der Waals surface area contributed by atoms with Crippen LogP contribution in [-0.2, 0) is 11.2 Å². The fraction of sp³-hybridized carbons (Fsp3) is 0.364. The van der Waals surface area contributed by atoms with E-state index in [4.69, 9.17) is 10.2 Å². The Labute approximate surface area is 104 Å². The normalized spacial score (nSPS) is 11.6. The van der Waals surface area contributed by atoms with Gasteiger partial charge in [-0.25, -0.2) is 9.59 Å². The van der Waals surface area contributed by atoms with Crippen LogP contribution >= 0.6 is 0 Å². The number of nitrogens with zero attached hydrogens (tertiary/aromatic N) is 1. The minimum Gasteiger partial charge on any atom is -0.480 e. The average Bonchev–Trinajstić information content (AvgIpc) is 2.37. The monoisotopic (exact) mass is 253 g/mol. The molecular formula is C11H15N3O4. The first-order chi connectivity index (χ1) is 8.63. The number of aliphatic carboxylic acids is 1. The van der Waals surface area contributed by atoms with E-state index < -0.39 is 24.6 Å². The summed E-state index contributed by atoms with van der Waals surface area (Å²) in [4.78, 5) is 25.8. The van der Waals surface area contributed by atoms with Crippen LogP contribution in [0.5, 0.6) is 0 Å². The minimum absolute atomic E-state index is 0.356. The van der Waals surface area contributed by atoms with Crippen LogP contribution < -0.4 is 10.6 Å². The lowest BCUT2D eigenvalue weighted by Crippen LogP contribution is -2.48. The highest BCUT2D eigenvalue weighted by atomic mass is 16.4. The number of rotatable bonds is 6. The Bertz CT molecular complexity index is 397. The summed E-state index contributed by atoms with van der Waals surface area (Å²) in [7, 11) is 0. The van der Waals surface area contributed by atoms with Crippen molar-refractivity contribution in [1.82, 2.24) is 15.6 Å². The van der Waals surface area contributed by atoms with Crippen molar-refractivity contribution < 1.29 is 19.8 Å². The molecule has 0 fully saturated rings. The van der Waals surface area contributed by atoms with E-state index in [1.165, 1.54) is 0 Å². The number of hydrogen-bond donors (Lipinski definition) is 4. The van der Waals surface area contributed by atoms with E-state index >= 15 is 0 Å². The Kier molecular flexibility index (Phi) is 5.59. The van der Waals surface area contributed by atoms with E-state index in [2.05, 4.69) is 15.6 Å². The van der Waals surface area contributed by atoms with Crippen LogP contribution in [0.15, 0.2) is 24.5 Å². The molecule has 0 saturated carbocycles. The fourth-order valence-electron chi connectivity index (χ4n) is 1.26. The van der Waals surface area contributed by atoms with Crippen LogP contribution in [0.1, 0.15) is 5.56 Å². The molecule has 1 atom stereocenters. The zero-order chi connectivity index (χ0) is 13.4. The van der Waals surface area contributed by atoms with Crippen LogP contribution in [-0.4, -0.2) is 46.4 Å². The molecule has 1 aromatic heterocycles. The molecule has 0 aromatic carbocycles. The summed E-state index contributed by atoms with van der Waals surface area (Å²) < 4.78 is 0. The second kappa shape index (κ2) is 7.23. The second-order valence-corrected chi connectivity index (χ2v) is 3.58. The Morgan fingerprint density at radius 2 is 2.22 bits per heavy atom. The van der Waals surface area contributed by atoms with Gasteiger partial charge in [-0.15, -0.1) is 0 Å². The third-order valence-electron chi connectivity index (χ3n) is 2.21. The number of nitrogens with one attached hydrogen (secondary N) is 2. The van der Waals surface area contributed by atoms with Crippen molar-refractivity contribution in [1.29, 1.82) is 0 Å². The number of hydrogen-bond acceptors (Lipinski definition) is 4. The topological polar surface area (TPSA) is 112 Å². The highest BCUT2D eigenvalue weighted by Gasteiger charge is 2.17. The van der Waals surface area contributed by atoms with Gasteiger partial charge >= 0.3 is 12.0 Å². The zero-order valence-corrected chi connectivity index (χ0v) is 9.67. The number of carboxylic acids is 1. The maximum Gasteiger partial charge on any atom is 0.328 e. The highest BCUT2D eigenvalue weighted by Crippen LogP contribution is 1.95. The van der Waals surface area contributed by atoms with E-state index in [0.29, 0.717) is 13.0 Å². The number of urea groups is 1. The summed E-state index contributed by atoms with van der Waals surface area (Å²) in [5.74, 6) is -1.28. The van der Waals surface area contributed by atoms with Gasteiger partial charge in [0.25, 0.3) is 0 Å². The number of aliphatic hydroxyl groups excluding tert-OH is 1. The lowest BCUT2D eigenvalue weighted by molar-refractivity contribution is -0.140. The third-order valence-corrected chi connectivity index (χ3v) is 2.21. The Balaban J connectivity index is 2.27. The maximum atomic E-state index is 11.3. The van der Waals surface area contributed by atoms with Gasteiger partial charge in [0, 0.05) is 18.9 Å². The number of aromatic nitrogens is 1. The van der Waals surface area contributed by atoms with Crippen molar-refractivity contribution in [3.05, 3.63) is 30.1 Å². The van der Waals surface area contributed by atoms with Crippen LogP contribution in [0.25, 0.3) is 0 Å². The summed E-state index contributed by atoms with van der Waals surface area (Å²) in [6.45, 7) is -0.291. The molecule has 0 aliphatic rings. The molecule has 0 saturated heterocycles. The van der Waals surface area contributed by atoms with Gasteiger partial charge in [0.2, 0.25) is 0 Å². The molecule has 0 spiro atoms. The standard InChI is InChI=1S/C11H15N3O4/c15-7-9(10(16)17)14-11(18)13-5-3-8-2-1-4-12-6-8/h1-2,4,6,9,15H,3,5,7H2,(H,16,17)(H2,13,14,18)/t9-/m1/s1. The van der Waals surface area contributed by atoms with Gasteiger partial charge in [0.1, 0.15) is 0 Å². The zero-order valence-electron chi connectivity index (χ0n) is 9.67. The summed E-state index contributed by atoms with van der Waals surface area (Å²) in [5.41, 5.74) is 0.967. The van der Waals surface area contributed by atoms with Crippen LogP contribution in [0.2, 0.25) is 0 Å². The molecule has 0 aliphatic carbocycles. The molecule has 1 rings (SSSR count). The van der Waals surface area contributed by atoms with Crippen molar-refractivity contribution in [2.75, 3.05) is 13.2 Å². The van der Waals surface area contributed by atoms with Gasteiger partial charge in [-0.2, -0.15) is 0 Å². The number of aliphatic hydroxyl groups is 1. The summed E-state index contributed by atoms with van der Waals surface area (Å²) in [5, 5.41) is 22.0. The highest BCUT2D eigenvalue weighted by molar-refractivity contribution is 5.82. The molecule has 0 aliphatic heterocycles. The maximum absolute atomic E-state index is 11.3. The number of carbonyl (C=O) groups is 2. The van der Waals surface area contributed by atoms with E-state index in [0.717, 1.165) is 5.56 Å². The van der Waals surface area contributed by atoms with E-state index in [1.54, 1.807) is 18.5 Å². The van der Waals surface area contributed by atoms with Gasteiger partial charge < -0.3 is 20.8 Å². The molecule has 0 unspecified atom stereocenters. The van der Waals surface area contributed by atoms with Gasteiger partial charge in [-0.05, 0) is 18.1 Å². The first-order valence-electron chi connectivity index (χ1n) is 5.40. The number of pyridine rings is 1. The van der Waals surface area contributed by atoms with Gasteiger partial charge in [0.05, 0.1) is 6.61 Å². The van der Waals surface area contributed by atoms with Gasteiger partial charge in [0.15, 0.2) is 6.04 Å². The third kappa shape index (κ3) is 4.79. The summed E-state index contributed by atoms with van der Waals surface area (Å²) in [6, 6.07) is 1.76. The number of amides is 2. The molecule has 98 valence electrons. The van der Waals surface area contributed by atoms with Crippen LogP contribution in [0, 0.1) is 0 Å². The molecule has 4 N–H and O–H groups in total. The summed E-state index contributed by atoms with van der Waals surface area (Å²) >= 11 is 0. The molecule has 0 bridgehead atoms. The Morgan fingerprint density at radius 3 is 2.78 bits per heavy atom. The predicted molar refractivity (Wildman–Crippen MR) is 63.0 cm³/mol. The smallest absolute Gasteiger partial charge is 0.328 e. The van der Waals surface area contributed by atoms with Crippen LogP contribution in [0.3, 0.4) is 0 Å². The molecule has 1 heterocycles. The van der Waals surface area contributed by atoms with Gasteiger partial charge in [-0.1, -0.05) is 6.07 Å². The quantitative estimate of drug-likeness (QED) is 0.539. The lowest BCUT2D eigenvalue weighted by atomic mass is 10.2. The molecule has 7 nitrogen and oxygen atoms in total. The molecule has 18 heavy (non-hydrogen) atoms. The second-order valence-electron chi connectivity index (χ2n) is 3.58. The fourth-order valence-corrected chi connectivity index (χ4v) is 1.26. The summed E-state index contributed by atoms with van der Waals surface area (Å²) in [6.07, 6.45) is 3.94. The number of carboxylic acid groups (broad SMARTS) is 1. The lowest BCUT2D eigenvalue weighted by Gasteiger charge is -2.12. The van der Waals surface area contributed by atoms with E-state index in [-0.39, 0.29) is 0 Å². The first kappa shape index (κ1) is 13.9. The predicted octanol–water partition coefficient (Wildman–Crippen LogP) is -0.631. The molecule has 1 aromatic rings. The van der Waals surface area contributed by atoms with Crippen molar-refractivity contribution in [2.24, 2.45) is 0 Å². The molecule has 7 heteroatoms. The Morgan fingerprint density at radius 1 is 1.44 bits per heavy atom. The number of carbonyl (C=O) groups excluding carboxylic acids is 1. The van der Waals surface area contributed by atoms with Gasteiger partial charge in [-0.3, -0.25) is 4.98 Å². The van der Waals surface area contributed by atoms with Crippen molar-refractivity contribution in [3.8, 4) is 0 Å². The SMILES string of the molecule is O=C(NCCc1cccnc1)N[C@H](CO)C(=O)O.